The van der Waals surface area contributed by atoms with Crippen LogP contribution in [0.15, 0.2) is 42.5 Å². The van der Waals surface area contributed by atoms with Crippen LogP contribution in [0.3, 0.4) is 0 Å². The van der Waals surface area contributed by atoms with Crippen molar-refractivity contribution < 1.29 is 14.3 Å². The van der Waals surface area contributed by atoms with Crippen molar-refractivity contribution in [3.05, 3.63) is 53.7 Å². The van der Waals surface area contributed by atoms with Gasteiger partial charge >= 0.3 is 0 Å². The van der Waals surface area contributed by atoms with Crippen LogP contribution in [-0.2, 0) is 16.0 Å². The number of pyridine rings is 1. The molecule has 1 N–H and O–H groups in total. The number of rotatable bonds is 5. The number of nitrogens with zero attached hydrogens (tertiary/aromatic N) is 2. The lowest BCUT2D eigenvalue weighted by Crippen LogP contribution is -2.43. The molecule has 0 saturated carbocycles. The van der Waals surface area contributed by atoms with Crippen LogP contribution < -0.4 is 10.1 Å². The molecular weight excluding hydrogens is 318 g/mol. The van der Waals surface area contributed by atoms with E-state index in [1.165, 1.54) is 0 Å². The number of anilines is 1. The first kappa shape index (κ1) is 17.2. The third kappa shape index (κ3) is 4.28. The second-order valence-corrected chi connectivity index (χ2v) is 5.93. The lowest BCUT2D eigenvalue weighted by molar-refractivity contribution is -0.138. The summed E-state index contributed by atoms with van der Waals surface area (Å²) in [5.74, 6) is 1.64. The molecule has 2 aromatic rings. The highest BCUT2D eigenvalue weighted by Gasteiger charge is 2.26. The van der Waals surface area contributed by atoms with E-state index in [1.54, 1.807) is 7.11 Å². The van der Waals surface area contributed by atoms with Crippen molar-refractivity contribution in [2.75, 3.05) is 39.2 Å². The van der Waals surface area contributed by atoms with Gasteiger partial charge in [0.05, 0.1) is 32.4 Å². The molecule has 132 valence electrons. The van der Waals surface area contributed by atoms with E-state index in [4.69, 9.17) is 9.47 Å². The normalized spacial score (nSPS) is 17.2. The van der Waals surface area contributed by atoms with E-state index in [0.717, 1.165) is 22.8 Å². The molecule has 0 aliphatic carbocycles. The second kappa shape index (κ2) is 7.98. The summed E-state index contributed by atoms with van der Waals surface area (Å²) in [5, 5.41) is 3.02. The SMILES string of the molecule is CNc1cccc([C@H]2CN(C(=O)Cc3cccc(OC)c3)CCO2)n1. The maximum Gasteiger partial charge on any atom is 0.227 e. The first-order valence-corrected chi connectivity index (χ1v) is 8.36. The highest BCUT2D eigenvalue weighted by Crippen LogP contribution is 2.22. The van der Waals surface area contributed by atoms with Crippen LogP contribution in [0, 0.1) is 0 Å². The largest absolute Gasteiger partial charge is 0.497 e. The van der Waals surface area contributed by atoms with Crippen molar-refractivity contribution in [1.29, 1.82) is 0 Å². The van der Waals surface area contributed by atoms with Gasteiger partial charge in [0.1, 0.15) is 17.7 Å². The molecule has 1 amide bonds. The van der Waals surface area contributed by atoms with Crippen LogP contribution in [0.4, 0.5) is 5.82 Å². The van der Waals surface area contributed by atoms with E-state index in [9.17, 15) is 4.79 Å². The highest BCUT2D eigenvalue weighted by molar-refractivity contribution is 5.79. The lowest BCUT2D eigenvalue weighted by Gasteiger charge is -2.33. The number of ether oxygens (including phenoxy) is 2. The van der Waals surface area contributed by atoms with E-state index in [-0.39, 0.29) is 12.0 Å². The molecule has 3 rings (SSSR count). The number of hydrogen-bond donors (Lipinski definition) is 1. The summed E-state index contributed by atoms with van der Waals surface area (Å²) in [6.07, 6.45) is 0.157. The van der Waals surface area contributed by atoms with Crippen LogP contribution in [0.5, 0.6) is 5.75 Å². The lowest BCUT2D eigenvalue weighted by atomic mass is 10.1. The quantitative estimate of drug-likeness (QED) is 0.904. The molecule has 0 spiro atoms. The van der Waals surface area contributed by atoms with Crippen molar-refractivity contribution in [2.24, 2.45) is 0 Å². The van der Waals surface area contributed by atoms with Crippen LogP contribution >= 0.6 is 0 Å². The van der Waals surface area contributed by atoms with Gasteiger partial charge in [0, 0.05) is 13.6 Å². The van der Waals surface area contributed by atoms with Crippen LogP contribution in [-0.4, -0.2) is 49.6 Å². The van der Waals surface area contributed by atoms with Gasteiger partial charge in [-0.15, -0.1) is 0 Å². The summed E-state index contributed by atoms with van der Waals surface area (Å²) in [5.41, 5.74) is 1.79. The average Bonchev–Trinajstić information content (AvgIpc) is 2.68. The summed E-state index contributed by atoms with van der Waals surface area (Å²) in [6.45, 7) is 1.63. The average molecular weight is 341 g/mol. The second-order valence-electron chi connectivity index (χ2n) is 5.93. The zero-order chi connectivity index (χ0) is 17.6. The molecule has 6 heteroatoms. The Morgan fingerprint density at radius 2 is 2.20 bits per heavy atom. The first-order chi connectivity index (χ1) is 12.2. The van der Waals surface area contributed by atoms with Gasteiger partial charge in [-0.2, -0.15) is 0 Å². The van der Waals surface area contributed by atoms with E-state index in [1.807, 2.05) is 54.4 Å². The fourth-order valence-corrected chi connectivity index (χ4v) is 2.89. The maximum absolute atomic E-state index is 12.7. The standard InChI is InChI=1S/C19H23N3O3/c1-20-18-8-4-7-16(21-18)17-13-22(9-10-25-17)19(23)12-14-5-3-6-15(11-14)24-2/h3-8,11,17H,9-10,12-13H2,1-2H3,(H,20,21)/t17-/m1/s1. The predicted molar refractivity (Wildman–Crippen MR) is 95.8 cm³/mol. The van der Waals surface area contributed by atoms with Crippen molar-refractivity contribution >= 4 is 11.7 Å². The first-order valence-electron chi connectivity index (χ1n) is 8.36. The Labute approximate surface area is 147 Å². The van der Waals surface area contributed by atoms with E-state index in [0.29, 0.717) is 26.1 Å². The van der Waals surface area contributed by atoms with Crippen molar-refractivity contribution in [3.63, 3.8) is 0 Å². The summed E-state index contributed by atoms with van der Waals surface area (Å²) in [4.78, 5) is 19.0. The van der Waals surface area contributed by atoms with Gasteiger partial charge in [-0.05, 0) is 29.8 Å². The molecule has 1 aromatic heterocycles. The third-order valence-electron chi connectivity index (χ3n) is 4.27. The fourth-order valence-electron chi connectivity index (χ4n) is 2.89. The molecule has 1 aliphatic heterocycles. The molecule has 0 unspecified atom stereocenters. The van der Waals surface area contributed by atoms with Gasteiger partial charge < -0.3 is 19.7 Å². The Balaban J connectivity index is 1.66. The summed E-state index contributed by atoms with van der Waals surface area (Å²) >= 11 is 0. The Morgan fingerprint density at radius 1 is 1.36 bits per heavy atom. The van der Waals surface area contributed by atoms with E-state index in [2.05, 4.69) is 10.3 Å². The Kier molecular flexibility index (Phi) is 5.50. The molecule has 6 nitrogen and oxygen atoms in total. The summed E-state index contributed by atoms with van der Waals surface area (Å²) in [6, 6.07) is 13.4. The van der Waals surface area contributed by atoms with Gasteiger partial charge in [-0.25, -0.2) is 4.98 Å². The highest BCUT2D eigenvalue weighted by atomic mass is 16.5. The summed E-state index contributed by atoms with van der Waals surface area (Å²) < 4.78 is 11.0. The topological polar surface area (TPSA) is 63.7 Å². The number of morpholine rings is 1. The smallest absolute Gasteiger partial charge is 0.227 e. The van der Waals surface area contributed by atoms with Gasteiger partial charge in [-0.3, -0.25) is 4.79 Å². The number of benzene rings is 1. The molecule has 0 bridgehead atoms. The van der Waals surface area contributed by atoms with Gasteiger partial charge in [0.25, 0.3) is 0 Å². The monoisotopic (exact) mass is 341 g/mol. The molecule has 0 radical (unpaired) electrons. The Hall–Kier alpha value is -2.60. The number of hydrogen-bond acceptors (Lipinski definition) is 5. The zero-order valence-corrected chi connectivity index (χ0v) is 14.6. The molecule has 1 saturated heterocycles. The van der Waals surface area contributed by atoms with Crippen LogP contribution in [0.1, 0.15) is 17.4 Å². The molecule has 1 aromatic carbocycles. The Morgan fingerprint density at radius 3 is 3.00 bits per heavy atom. The maximum atomic E-state index is 12.7. The molecule has 25 heavy (non-hydrogen) atoms. The summed E-state index contributed by atoms with van der Waals surface area (Å²) in [7, 11) is 3.46. The van der Waals surface area contributed by atoms with E-state index >= 15 is 0 Å². The number of nitrogens with one attached hydrogen (secondary N) is 1. The van der Waals surface area contributed by atoms with Gasteiger partial charge in [0.2, 0.25) is 5.91 Å². The van der Waals surface area contributed by atoms with Gasteiger partial charge in [-0.1, -0.05) is 18.2 Å². The number of carbonyl (C=O) groups is 1. The number of carbonyl (C=O) groups excluding carboxylic acids is 1. The minimum Gasteiger partial charge on any atom is -0.497 e. The molecule has 1 fully saturated rings. The minimum absolute atomic E-state index is 0.0892. The van der Waals surface area contributed by atoms with Crippen molar-refractivity contribution in [2.45, 2.75) is 12.5 Å². The van der Waals surface area contributed by atoms with Crippen LogP contribution in [0.2, 0.25) is 0 Å². The fraction of sp³-hybridized carbons (Fsp3) is 0.368. The minimum atomic E-state index is -0.198. The number of aromatic nitrogens is 1. The Bertz CT molecular complexity index is 735. The zero-order valence-electron chi connectivity index (χ0n) is 14.6. The molecule has 2 heterocycles. The molecular formula is C19H23N3O3. The molecule has 1 atom stereocenters. The number of amides is 1. The third-order valence-corrected chi connectivity index (χ3v) is 4.27. The predicted octanol–water partition coefficient (Wildman–Crippen LogP) is 2.27. The number of methoxy groups -OCH3 is 1. The van der Waals surface area contributed by atoms with Gasteiger partial charge in [0.15, 0.2) is 0 Å². The van der Waals surface area contributed by atoms with Crippen molar-refractivity contribution in [3.8, 4) is 5.75 Å². The van der Waals surface area contributed by atoms with E-state index < -0.39 is 0 Å². The molecule has 1 aliphatic rings. The van der Waals surface area contributed by atoms with Crippen LogP contribution in [0.25, 0.3) is 0 Å². The van der Waals surface area contributed by atoms with Crippen molar-refractivity contribution in [1.82, 2.24) is 9.88 Å².